The third kappa shape index (κ3) is 3.90. The highest BCUT2D eigenvalue weighted by Gasteiger charge is 2.39. The number of nitrogens with two attached hydrogens (primary N) is 1. The SMILES string of the molecule is CCC(CC)(C(=O)NCCNC(C)=O)C(N)=NO. The van der Waals surface area contributed by atoms with Crippen molar-refractivity contribution in [1.82, 2.24) is 10.6 Å². The number of rotatable bonds is 7. The number of hydrogen-bond donors (Lipinski definition) is 4. The van der Waals surface area contributed by atoms with E-state index in [0.29, 0.717) is 25.9 Å². The van der Waals surface area contributed by atoms with Crippen molar-refractivity contribution < 1.29 is 14.8 Å². The smallest absolute Gasteiger partial charge is 0.233 e. The van der Waals surface area contributed by atoms with Gasteiger partial charge in [0, 0.05) is 20.0 Å². The Hall–Kier alpha value is -1.79. The van der Waals surface area contributed by atoms with Gasteiger partial charge in [0.1, 0.15) is 5.41 Å². The van der Waals surface area contributed by atoms with Crippen LogP contribution in [0.2, 0.25) is 0 Å². The molecular formula is C11H22N4O3. The average Bonchev–Trinajstić information content (AvgIpc) is 2.36. The van der Waals surface area contributed by atoms with Gasteiger partial charge in [0.15, 0.2) is 5.84 Å². The number of carbonyl (C=O) groups is 2. The molecule has 0 fully saturated rings. The minimum Gasteiger partial charge on any atom is -0.409 e. The fourth-order valence-electron chi connectivity index (χ4n) is 1.73. The molecule has 0 atom stereocenters. The molecule has 0 rings (SSSR count). The predicted octanol–water partition coefficient (Wildman–Crippen LogP) is -0.208. The molecule has 0 aliphatic rings. The maximum Gasteiger partial charge on any atom is 0.233 e. The van der Waals surface area contributed by atoms with E-state index in [1.165, 1.54) is 6.92 Å². The van der Waals surface area contributed by atoms with Gasteiger partial charge < -0.3 is 21.6 Å². The molecular weight excluding hydrogens is 236 g/mol. The van der Waals surface area contributed by atoms with E-state index in [1.807, 2.05) is 0 Å². The zero-order chi connectivity index (χ0) is 14.2. The Kier molecular flexibility index (Phi) is 6.77. The van der Waals surface area contributed by atoms with Gasteiger partial charge in [-0.15, -0.1) is 0 Å². The third-order valence-electron chi connectivity index (χ3n) is 3.02. The van der Waals surface area contributed by atoms with Crippen molar-refractivity contribution in [1.29, 1.82) is 0 Å². The van der Waals surface area contributed by atoms with Crippen molar-refractivity contribution in [2.24, 2.45) is 16.3 Å². The molecule has 0 saturated carbocycles. The summed E-state index contributed by atoms with van der Waals surface area (Å²) in [6, 6.07) is 0. The molecule has 0 aliphatic heterocycles. The Labute approximate surface area is 107 Å². The first-order chi connectivity index (χ1) is 8.44. The van der Waals surface area contributed by atoms with Crippen LogP contribution < -0.4 is 16.4 Å². The van der Waals surface area contributed by atoms with Gasteiger partial charge in [-0.2, -0.15) is 0 Å². The average molecular weight is 258 g/mol. The highest BCUT2D eigenvalue weighted by Crippen LogP contribution is 2.26. The molecule has 7 heteroatoms. The Bertz CT molecular complexity index is 324. The van der Waals surface area contributed by atoms with Crippen molar-refractivity contribution in [3.05, 3.63) is 0 Å². The lowest BCUT2D eigenvalue weighted by molar-refractivity contribution is -0.128. The monoisotopic (exact) mass is 258 g/mol. The molecule has 2 amide bonds. The van der Waals surface area contributed by atoms with Crippen LogP contribution in [-0.2, 0) is 9.59 Å². The molecule has 104 valence electrons. The molecule has 0 unspecified atom stereocenters. The van der Waals surface area contributed by atoms with Gasteiger partial charge in [-0.05, 0) is 12.8 Å². The van der Waals surface area contributed by atoms with Crippen molar-refractivity contribution in [2.45, 2.75) is 33.6 Å². The van der Waals surface area contributed by atoms with Crippen molar-refractivity contribution in [3.63, 3.8) is 0 Å². The van der Waals surface area contributed by atoms with E-state index < -0.39 is 5.41 Å². The van der Waals surface area contributed by atoms with Gasteiger partial charge in [0.2, 0.25) is 11.8 Å². The first kappa shape index (κ1) is 16.2. The van der Waals surface area contributed by atoms with Crippen LogP contribution in [0.4, 0.5) is 0 Å². The predicted molar refractivity (Wildman–Crippen MR) is 68.1 cm³/mol. The summed E-state index contributed by atoms with van der Waals surface area (Å²) >= 11 is 0. The van der Waals surface area contributed by atoms with Crippen LogP contribution in [0.3, 0.4) is 0 Å². The summed E-state index contributed by atoms with van der Waals surface area (Å²) in [5.74, 6) is -0.546. The molecule has 0 aromatic heterocycles. The molecule has 0 aliphatic carbocycles. The van der Waals surface area contributed by atoms with Crippen LogP contribution in [0.15, 0.2) is 5.16 Å². The van der Waals surface area contributed by atoms with Crippen molar-refractivity contribution >= 4 is 17.6 Å². The third-order valence-corrected chi connectivity index (χ3v) is 3.02. The quantitative estimate of drug-likeness (QED) is 0.166. The number of nitrogens with zero attached hydrogens (tertiary/aromatic N) is 1. The Balaban J connectivity index is 4.55. The van der Waals surface area contributed by atoms with E-state index in [9.17, 15) is 9.59 Å². The summed E-state index contributed by atoms with van der Waals surface area (Å²) in [5, 5.41) is 16.9. The summed E-state index contributed by atoms with van der Waals surface area (Å²) in [5.41, 5.74) is 4.60. The van der Waals surface area contributed by atoms with Crippen LogP contribution in [0.5, 0.6) is 0 Å². The summed E-state index contributed by atoms with van der Waals surface area (Å²) in [7, 11) is 0. The normalized spacial score (nSPS) is 12.1. The lowest BCUT2D eigenvalue weighted by Crippen LogP contribution is -2.50. The van der Waals surface area contributed by atoms with Gasteiger partial charge in [-0.25, -0.2) is 0 Å². The molecule has 0 radical (unpaired) electrons. The minimum absolute atomic E-state index is 0.0930. The van der Waals surface area contributed by atoms with Crippen LogP contribution in [0.25, 0.3) is 0 Å². The first-order valence-corrected chi connectivity index (χ1v) is 5.95. The summed E-state index contributed by atoms with van der Waals surface area (Å²) in [6.07, 6.45) is 0.872. The number of nitrogens with one attached hydrogen (secondary N) is 2. The van der Waals surface area contributed by atoms with Crippen molar-refractivity contribution in [2.75, 3.05) is 13.1 Å². The largest absolute Gasteiger partial charge is 0.409 e. The second-order valence-corrected chi connectivity index (χ2v) is 4.01. The minimum atomic E-state index is -0.995. The zero-order valence-corrected chi connectivity index (χ0v) is 11.1. The maximum atomic E-state index is 12.1. The number of oxime groups is 1. The lowest BCUT2D eigenvalue weighted by atomic mass is 9.80. The van der Waals surface area contributed by atoms with Gasteiger partial charge in [0.25, 0.3) is 0 Å². The standard InChI is InChI=1S/C11H22N4O3/c1-4-11(5-2,9(12)15-18)10(17)14-7-6-13-8(3)16/h18H,4-7H2,1-3H3,(H2,12,15)(H,13,16)(H,14,17). The number of amides is 2. The molecule has 5 N–H and O–H groups in total. The van der Waals surface area contributed by atoms with Crippen LogP contribution in [-0.4, -0.2) is 35.9 Å². The van der Waals surface area contributed by atoms with E-state index in [-0.39, 0.29) is 17.6 Å². The molecule has 7 nitrogen and oxygen atoms in total. The number of hydrogen-bond acceptors (Lipinski definition) is 4. The Morgan fingerprint density at radius 3 is 2.11 bits per heavy atom. The molecule has 0 heterocycles. The van der Waals surface area contributed by atoms with Crippen LogP contribution >= 0.6 is 0 Å². The Morgan fingerprint density at radius 2 is 1.72 bits per heavy atom. The van der Waals surface area contributed by atoms with E-state index in [0.717, 1.165) is 0 Å². The first-order valence-electron chi connectivity index (χ1n) is 5.95. The van der Waals surface area contributed by atoms with Gasteiger partial charge in [0.05, 0.1) is 0 Å². The van der Waals surface area contributed by atoms with E-state index in [1.54, 1.807) is 13.8 Å². The van der Waals surface area contributed by atoms with Gasteiger partial charge in [-0.3, -0.25) is 9.59 Å². The summed E-state index contributed by atoms with van der Waals surface area (Å²) in [4.78, 5) is 22.7. The van der Waals surface area contributed by atoms with E-state index >= 15 is 0 Å². The molecule has 0 bridgehead atoms. The molecule has 18 heavy (non-hydrogen) atoms. The topological polar surface area (TPSA) is 117 Å². The highest BCUT2D eigenvalue weighted by atomic mass is 16.4. The maximum absolute atomic E-state index is 12.1. The van der Waals surface area contributed by atoms with Crippen LogP contribution in [0.1, 0.15) is 33.6 Å². The van der Waals surface area contributed by atoms with E-state index in [4.69, 9.17) is 10.9 Å². The number of carbonyl (C=O) groups excluding carboxylic acids is 2. The molecule has 0 saturated heterocycles. The molecule has 0 aromatic rings. The summed E-state index contributed by atoms with van der Waals surface area (Å²) < 4.78 is 0. The summed E-state index contributed by atoms with van der Waals surface area (Å²) in [6.45, 7) is 5.66. The molecule has 0 spiro atoms. The van der Waals surface area contributed by atoms with Gasteiger partial charge in [-0.1, -0.05) is 19.0 Å². The van der Waals surface area contributed by atoms with Gasteiger partial charge >= 0.3 is 0 Å². The van der Waals surface area contributed by atoms with E-state index in [2.05, 4.69) is 15.8 Å². The van der Waals surface area contributed by atoms with Crippen molar-refractivity contribution in [3.8, 4) is 0 Å². The van der Waals surface area contributed by atoms with Crippen LogP contribution in [0, 0.1) is 5.41 Å². The zero-order valence-electron chi connectivity index (χ0n) is 11.1. The lowest BCUT2D eigenvalue weighted by Gasteiger charge is -2.28. The second-order valence-electron chi connectivity index (χ2n) is 4.01. The number of amidine groups is 1. The Morgan fingerprint density at radius 1 is 1.22 bits per heavy atom. The molecule has 0 aromatic carbocycles. The fourth-order valence-corrected chi connectivity index (χ4v) is 1.73. The highest BCUT2D eigenvalue weighted by molar-refractivity contribution is 6.06. The second kappa shape index (κ2) is 7.52. The fraction of sp³-hybridized carbons (Fsp3) is 0.727.